The van der Waals surface area contributed by atoms with Crippen LogP contribution >= 0.6 is 11.3 Å². The summed E-state index contributed by atoms with van der Waals surface area (Å²) in [5, 5.41) is 24.9. The molecule has 0 aliphatic rings. The van der Waals surface area contributed by atoms with Crippen LogP contribution in [0.3, 0.4) is 0 Å². The molecule has 0 aromatic carbocycles. The summed E-state index contributed by atoms with van der Waals surface area (Å²) >= 11 is 1.76. The van der Waals surface area contributed by atoms with Crippen molar-refractivity contribution in [3.63, 3.8) is 0 Å². The lowest BCUT2D eigenvalue weighted by molar-refractivity contribution is -0.385. The fourth-order valence-corrected chi connectivity index (χ4v) is 3.24. The molecule has 8 heteroatoms. The highest BCUT2D eigenvalue weighted by Gasteiger charge is 2.18. The third kappa shape index (κ3) is 5.12. The molecule has 2 aromatic rings. The molecule has 1 atom stereocenters. The molecule has 0 aliphatic heterocycles. The van der Waals surface area contributed by atoms with Crippen molar-refractivity contribution in [2.24, 2.45) is 0 Å². The first-order chi connectivity index (χ1) is 10.8. The molecule has 126 valence electrons. The van der Waals surface area contributed by atoms with E-state index >= 15 is 0 Å². The average molecular weight is 338 g/mol. The van der Waals surface area contributed by atoms with E-state index in [4.69, 9.17) is 0 Å². The van der Waals surface area contributed by atoms with Crippen molar-refractivity contribution in [2.45, 2.75) is 46.0 Å². The van der Waals surface area contributed by atoms with Crippen molar-refractivity contribution < 1.29 is 10.0 Å². The number of aliphatic hydroxyl groups excluding tert-OH is 1. The maximum absolute atomic E-state index is 10.7. The van der Waals surface area contributed by atoms with Crippen LogP contribution in [0, 0.1) is 17.0 Å². The Kier molecular flexibility index (Phi) is 5.86. The Balaban J connectivity index is 1.94. The van der Waals surface area contributed by atoms with Crippen molar-refractivity contribution in [1.29, 1.82) is 0 Å². The van der Waals surface area contributed by atoms with E-state index in [1.54, 1.807) is 11.3 Å². The Bertz CT molecular complexity index is 653. The lowest BCUT2D eigenvalue weighted by Gasteiger charge is -2.28. The quantitative estimate of drug-likeness (QED) is 0.590. The zero-order valence-electron chi connectivity index (χ0n) is 13.5. The van der Waals surface area contributed by atoms with Crippen LogP contribution in [0.1, 0.15) is 23.6 Å². The van der Waals surface area contributed by atoms with Crippen LogP contribution in [0.2, 0.25) is 0 Å². The van der Waals surface area contributed by atoms with E-state index < -0.39 is 11.0 Å². The summed E-state index contributed by atoms with van der Waals surface area (Å²) < 4.78 is 1.41. The van der Waals surface area contributed by atoms with Gasteiger partial charge in [-0.05, 0) is 32.9 Å². The van der Waals surface area contributed by atoms with Gasteiger partial charge in [-0.1, -0.05) is 0 Å². The zero-order chi connectivity index (χ0) is 17.0. The second-order valence-electron chi connectivity index (χ2n) is 5.87. The molecule has 0 aliphatic carbocycles. The Hall–Kier alpha value is -1.77. The van der Waals surface area contributed by atoms with Crippen molar-refractivity contribution in [3.8, 4) is 0 Å². The Morgan fingerprint density at radius 3 is 2.74 bits per heavy atom. The third-order valence-electron chi connectivity index (χ3n) is 3.56. The molecule has 7 nitrogen and oxygen atoms in total. The molecule has 0 fully saturated rings. The van der Waals surface area contributed by atoms with Crippen molar-refractivity contribution in [2.75, 3.05) is 6.54 Å². The first kappa shape index (κ1) is 17.6. The lowest BCUT2D eigenvalue weighted by Crippen LogP contribution is -2.38. The number of nitro groups is 1. The molecule has 2 heterocycles. The van der Waals surface area contributed by atoms with E-state index in [2.05, 4.69) is 42.9 Å². The minimum absolute atomic E-state index is 0.0630. The molecule has 0 bridgehead atoms. The van der Waals surface area contributed by atoms with Crippen molar-refractivity contribution >= 4 is 17.0 Å². The van der Waals surface area contributed by atoms with Gasteiger partial charge in [-0.25, -0.2) is 0 Å². The summed E-state index contributed by atoms with van der Waals surface area (Å²) in [4.78, 5) is 14.9. The van der Waals surface area contributed by atoms with Crippen LogP contribution in [0.15, 0.2) is 24.5 Å². The van der Waals surface area contributed by atoms with Gasteiger partial charge in [0, 0.05) is 28.9 Å². The lowest BCUT2D eigenvalue weighted by atomic mass is 10.2. The van der Waals surface area contributed by atoms with E-state index in [0.717, 1.165) is 6.54 Å². The SMILES string of the molecule is Cc1ccc(CN(CC(O)Cn2cc([N+](=O)[O-])cn2)C(C)C)s1. The van der Waals surface area contributed by atoms with E-state index in [0.29, 0.717) is 12.6 Å². The molecule has 2 rings (SSSR count). The van der Waals surface area contributed by atoms with Crippen LogP contribution in [0.4, 0.5) is 5.69 Å². The van der Waals surface area contributed by atoms with Crippen LogP contribution in [-0.2, 0) is 13.1 Å². The van der Waals surface area contributed by atoms with Gasteiger partial charge < -0.3 is 5.11 Å². The largest absolute Gasteiger partial charge is 0.390 e. The first-order valence-corrected chi connectivity index (χ1v) is 8.31. The summed E-state index contributed by atoms with van der Waals surface area (Å²) in [5.74, 6) is 0. The fraction of sp³-hybridized carbons (Fsp3) is 0.533. The molecule has 0 radical (unpaired) electrons. The van der Waals surface area contributed by atoms with Gasteiger partial charge in [-0.2, -0.15) is 5.10 Å². The van der Waals surface area contributed by atoms with Gasteiger partial charge in [-0.3, -0.25) is 19.7 Å². The van der Waals surface area contributed by atoms with Crippen LogP contribution in [-0.4, -0.2) is 43.4 Å². The highest BCUT2D eigenvalue weighted by Crippen LogP contribution is 2.18. The van der Waals surface area contributed by atoms with Gasteiger partial charge >= 0.3 is 5.69 Å². The molecule has 2 aromatic heterocycles. The number of aromatic nitrogens is 2. The Morgan fingerprint density at radius 1 is 1.48 bits per heavy atom. The predicted octanol–water partition coefficient (Wildman–Crippen LogP) is 2.43. The van der Waals surface area contributed by atoms with Gasteiger partial charge in [0.25, 0.3) is 0 Å². The predicted molar refractivity (Wildman–Crippen MR) is 89.5 cm³/mol. The van der Waals surface area contributed by atoms with E-state index in [-0.39, 0.29) is 12.2 Å². The number of thiophene rings is 1. The third-order valence-corrected chi connectivity index (χ3v) is 4.54. The number of nitrogens with zero attached hydrogens (tertiary/aromatic N) is 4. The van der Waals surface area contributed by atoms with Crippen LogP contribution in [0.25, 0.3) is 0 Å². The summed E-state index contributed by atoms with van der Waals surface area (Å²) in [6.07, 6.45) is 1.89. The van der Waals surface area contributed by atoms with Crippen molar-refractivity contribution in [3.05, 3.63) is 44.4 Å². The molecular weight excluding hydrogens is 316 g/mol. The molecule has 0 amide bonds. The van der Waals surface area contributed by atoms with Gasteiger partial charge in [0.15, 0.2) is 0 Å². The van der Waals surface area contributed by atoms with Gasteiger partial charge in [0.1, 0.15) is 12.4 Å². The highest BCUT2D eigenvalue weighted by atomic mass is 32.1. The summed E-state index contributed by atoms with van der Waals surface area (Å²) in [5.41, 5.74) is -0.0630. The second kappa shape index (κ2) is 7.67. The maximum Gasteiger partial charge on any atom is 0.306 e. The molecule has 1 unspecified atom stereocenters. The molecule has 0 saturated heterocycles. The number of rotatable bonds is 8. The number of hydrogen-bond acceptors (Lipinski definition) is 6. The summed E-state index contributed by atoms with van der Waals surface area (Å²) in [6, 6.07) is 4.50. The normalized spacial score (nSPS) is 13.0. The molecule has 1 N–H and O–H groups in total. The van der Waals surface area contributed by atoms with Gasteiger partial charge in [0.2, 0.25) is 0 Å². The van der Waals surface area contributed by atoms with Gasteiger partial charge in [0.05, 0.1) is 17.6 Å². The zero-order valence-corrected chi connectivity index (χ0v) is 14.4. The minimum Gasteiger partial charge on any atom is -0.390 e. The monoisotopic (exact) mass is 338 g/mol. The smallest absolute Gasteiger partial charge is 0.306 e. The van der Waals surface area contributed by atoms with Crippen LogP contribution < -0.4 is 0 Å². The highest BCUT2D eigenvalue weighted by molar-refractivity contribution is 7.11. The Labute approximate surface area is 139 Å². The standard InChI is InChI=1S/C15H22N4O3S/c1-11(2)17(10-15-5-4-12(3)23-15)8-14(20)9-18-7-13(6-16-18)19(21)22/h4-7,11,14,20H,8-10H2,1-3H3. The Morgan fingerprint density at radius 2 is 2.22 bits per heavy atom. The molecule has 0 spiro atoms. The summed E-state index contributed by atoms with van der Waals surface area (Å²) in [6.45, 7) is 7.76. The number of aliphatic hydroxyl groups is 1. The maximum atomic E-state index is 10.7. The summed E-state index contributed by atoms with van der Waals surface area (Å²) in [7, 11) is 0. The van der Waals surface area contributed by atoms with E-state index in [1.165, 1.54) is 26.8 Å². The fourth-order valence-electron chi connectivity index (χ4n) is 2.32. The first-order valence-electron chi connectivity index (χ1n) is 7.49. The van der Waals surface area contributed by atoms with E-state index in [9.17, 15) is 15.2 Å². The van der Waals surface area contributed by atoms with Crippen molar-refractivity contribution in [1.82, 2.24) is 14.7 Å². The minimum atomic E-state index is -0.641. The molecule has 0 saturated carbocycles. The number of aryl methyl sites for hydroxylation is 1. The van der Waals surface area contributed by atoms with E-state index in [1.807, 2.05) is 0 Å². The molecular formula is C15H22N4O3S. The van der Waals surface area contributed by atoms with Gasteiger partial charge in [-0.15, -0.1) is 11.3 Å². The number of hydrogen-bond donors (Lipinski definition) is 1. The molecule has 23 heavy (non-hydrogen) atoms. The average Bonchev–Trinajstić information content (AvgIpc) is 3.07. The second-order valence-corrected chi connectivity index (χ2v) is 7.24. The topological polar surface area (TPSA) is 84.4 Å². The van der Waals surface area contributed by atoms with Crippen LogP contribution in [0.5, 0.6) is 0 Å².